The Morgan fingerprint density at radius 3 is 2.50 bits per heavy atom. The van der Waals surface area contributed by atoms with Crippen LogP contribution >= 0.6 is 15.9 Å². The van der Waals surface area contributed by atoms with Crippen LogP contribution in [0.1, 0.15) is 25.0 Å². The second-order valence-corrected chi connectivity index (χ2v) is 6.10. The number of aryl methyl sites for hydroxylation is 1. The minimum Gasteiger partial charge on any atom is -0.457 e. The van der Waals surface area contributed by atoms with Crippen molar-refractivity contribution in [3.05, 3.63) is 58.1 Å². The van der Waals surface area contributed by atoms with Crippen molar-refractivity contribution in [1.29, 1.82) is 0 Å². The number of rotatable bonds is 5. The van der Waals surface area contributed by atoms with E-state index in [1.165, 1.54) is 11.1 Å². The third-order valence-corrected chi connectivity index (χ3v) is 3.54. The summed E-state index contributed by atoms with van der Waals surface area (Å²) < 4.78 is 6.89. The molecule has 0 aliphatic heterocycles. The molecular formula is C17H20BrNO. The van der Waals surface area contributed by atoms with Gasteiger partial charge in [-0.25, -0.2) is 0 Å². The van der Waals surface area contributed by atoms with Crippen molar-refractivity contribution in [2.24, 2.45) is 0 Å². The van der Waals surface area contributed by atoms with Gasteiger partial charge in [-0.1, -0.05) is 41.9 Å². The summed E-state index contributed by atoms with van der Waals surface area (Å²) in [4.78, 5) is 0. The molecule has 3 heteroatoms. The van der Waals surface area contributed by atoms with Crippen LogP contribution < -0.4 is 10.1 Å². The molecule has 0 heterocycles. The van der Waals surface area contributed by atoms with Gasteiger partial charge >= 0.3 is 0 Å². The largest absolute Gasteiger partial charge is 0.457 e. The van der Waals surface area contributed by atoms with Gasteiger partial charge in [0.1, 0.15) is 11.5 Å². The van der Waals surface area contributed by atoms with Gasteiger partial charge in [0.15, 0.2) is 0 Å². The predicted octanol–water partition coefficient (Wildman–Crippen LogP) is 5.05. The summed E-state index contributed by atoms with van der Waals surface area (Å²) in [5.41, 5.74) is 2.55. The summed E-state index contributed by atoms with van der Waals surface area (Å²) in [6.07, 6.45) is 0. The molecule has 0 unspecified atom stereocenters. The highest BCUT2D eigenvalue weighted by Gasteiger charge is 2.03. The molecule has 0 aliphatic carbocycles. The Bertz CT molecular complexity index is 581. The van der Waals surface area contributed by atoms with E-state index >= 15 is 0 Å². The molecule has 1 N–H and O–H groups in total. The van der Waals surface area contributed by atoms with Crippen molar-refractivity contribution in [3.63, 3.8) is 0 Å². The van der Waals surface area contributed by atoms with E-state index in [1.807, 2.05) is 30.3 Å². The van der Waals surface area contributed by atoms with Gasteiger partial charge in [-0.2, -0.15) is 0 Å². The SMILES string of the molecule is Cc1cc(Oc2cccc(Br)c2)ccc1CNC(C)C. The van der Waals surface area contributed by atoms with Gasteiger partial charge in [-0.3, -0.25) is 0 Å². The van der Waals surface area contributed by atoms with Gasteiger partial charge in [0.05, 0.1) is 0 Å². The monoisotopic (exact) mass is 333 g/mol. The molecule has 106 valence electrons. The van der Waals surface area contributed by atoms with E-state index in [1.54, 1.807) is 0 Å². The third kappa shape index (κ3) is 4.36. The highest BCUT2D eigenvalue weighted by Crippen LogP contribution is 2.26. The van der Waals surface area contributed by atoms with Gasteiger partial charge in [0.25, 0.3) is 0 Å². The summed E-state index contributed by atoms with van der Waals surface area (Å²) in [7, 11) is 0. The fraction of sp³-hybridized carbons (Fsp3) is 0.294. The molecule has 0 spiro atoms. The van der Waals surface area contributed by atoms with Crippen LogP contribution in [0.4, 0.5) is 0 Å². The average molecular weight is 334 g/mol. The van der Waals surface area contributed by atoms with Crippen LogP contribution in [-0.2, 0) is 6.54 Å². The maximum Gasteiger partial charge on any atom is 0.128 e. The maximum absolute atomic E-state index is 5.87. The first-order valence-corrected chi connectivity index (χ1v) is 7.60. The molecule has 0 aliphatic rings. The summed E-state index contributed by atoms with van der Waals surface area (Å²) >= 11 is 3.45. The first kappa shape index (κ1) is 15.1. The van der Waals surface area contributed by atoms with Crippen molar-refractivity contribution in [3.8, 4) is 11.5 Å². The van der Waals surface area contributed by atoms with Crippen LogP contribution in [0, 0.1) is 6.92 Å². The molecule has 2 aromatic carbocycles. The van der Waals surface area contributed by atoms with Gasteiger partial charge in [-0.15, -0.1) is 0 Å². The van der Waals surface area contributed by atoms with E-state index in [9.17, 15) is 0 Å². The fourth-order valence-corrected chi connectivity index (χ4v) is 2.29. The lowest BCUT2D eigenvalue weighted by Crippen LogP contribution is -2.22. The van der Waals surface area contributed by atoms with E-state index in [-0.39, 0.29) is 0 Å². The molecule has 0 atom stereocenters. The van der Waals surface area contributed by atoms with E-state index in [2.05, 4.69) is 54.2 Å². The van der Waals surface area contributed by atoms with Crippen LogP contribution in [0.15, 0.2) is 46.9 Å². The molecule has 2 aromatic rings. The van der Waals surface area contributed by atoms with E-state index < -0.39 is 0 Å². The van der Waals surface area contributed by atoms with Crippen molar-refractivity contribution in [1.82, 2.24) is 5.32 Å². The summed E-state index contributed by atoms with van der Waals surface area (Å²) in [5.74, 6) is 1.71. The van der Waals surface area contributed by atoms with Crippen LogP contribution in [0.3, 0.4) is 0 Å². The summed E-state index contributed by atoms with van der Waals surface area (Å²) in [5, 5.41) is 3.43. The van der Waals surface area contributed by atoms with Crippen LogP contribution in [0.25, 0.3) is 0 Å². The van der Waals surface area contributed by atoms with E-state index in [4.69, 9.17) is 4.74 Å². The van der Waals surface area contributed by atoms with Gasteiger partial charge < -0.3 is 10.1 Å². The first-order valence-electron chi connectivity index (χ1n) is 6.81. The summed E-state index contributed by atoms with van der Waals surface area (Å²) in [6.45, 7) is 7.31. The Morgan fingerprint density at radius 1 is 1.10 bits per heavy atom. The lowest BCUT2D eigenvalue weighted by atomic mass is 10.1. The molecule has 2 nitrogen and oxygen atoms in total. The number of hydrogen-bond acceptors (Lipinski definition) is 2. The van der Waals surface area contributed by atoms with E-state index in [0.29, 0.717) is 6.04 Å². The zero-order valence-electron chi connectivity index (χ0n) is 12.1. The molecule has 0 aromatic heterocycles. The Kier molecular flexibility index (Phi) is 5.21. The quantitative estimate of drug-likeness (QED) is 0.826. The standard InChI is InChI=1S/C17H20BrNO/c1-12(2)19-11-14-7-8-17(9-13(14)3)20-16-6-4-5-15(18)10-16/h4-10,12,19H,11H2,1-3H3. The average Bonchev–Trinajstić information content (AvgIpc) is 2.37. The Morgan fingerprint density at radius 2 is 1.85 bits per heavy atom. The molecule has 0 fully saturated rings. The Balaban J connectivity index is 2.09. The number of halogens is 1. The number of nitrogens with one attached hydrogen (secondary N) is 1. The molecular weight excluding hydrogens is 314 g/mol. The van der Waals surface area contributed by atoms with Crippen molar-refractivity contribution >= 4 is 15.9 Å². The molecule has 0 saturated heterocycles. The fourth-order valence-electron chi connectivity index (χ4n) is 1.91. The van der Waals surface area contributed by atoms with Gasteiger partial charge in [0, 0.05) is 17.1 Å². The van der Waals surface area contributed by atoms with Crippen LogP contribution in [-0.4, -0.2) is 6.04 Å². The molecule has 0 bridgehead atoms. The third-order valence-electron chi connectivity index (χ3n) is 3.05. The first-order chi connectivity index (χ1) is 9.54. The van der Waals surface area contributed by atoms with Crippen molar-refractivity contribution in [2.75, 3.05) is 0 Å². The molecule has 2 rings (SSSR count). The maximum atomic E-state index is 5.87. The second kappa shape index (κ2) is 6.91. The molecule has 0 amide bonds. The zero-order valence-corrected chi connectivity index (χ0v) is 13.7. The smallest absolute Gasteiger partial charge is 0.128 e. The topological polar surface area (TPSA) is 21.3 Å². The van der Waals surface area contributed by atoms with Gasteiger partial charge in [-0.05, 0) is 48.4 Å². The Hall–Kier alpha value is -1.32. The van der Waals surface area contributed by atoms with E-state index in [0.717, 1.165) is 22.5 Å². The lowest BCUT2D eigenvalue weighted by Gasteiger charge is -2.12. The van der Waals surface area contributed by atoms with Crippen molar-refractivity contribution in [2.45, 2.75) is 33.4 Å². The highest BCUT2D eigenvalue weighted by atomic mass is 79.9. The Labute approximate surface area is 129 Å². The summed E-state index contributed by atoms with van der Waals surface area (Å²) in [6, 6.07) is 14.6. The second-order valence-electron chi connectivity index (χ2n) is 5.18. The number of hydrogen-bond donors (Lipinski definition) is 1. The predicted molar refractivity (Wildman–Crippen MR) is 87.4 cm³/mol. The van der Waals surface area contributed by atoms with Crippen LogP contribution in [0.2, 0.25) is 0 Å². The molecule has 0 radical (unpaired) electrons. The minimum absolute atomic E-state index is 0.493. The minimum atomic E-state index is 0.493. The molecule has 20 heavy (non-hydrogen) atoms. The molecule has 0 saturated carbocycles. The number of ether oxygens (including phenoxy) is 1. The number of benzene rings is 2. The normalized spacial score (nSPS) is 10.8. The lowest BCUT2D eigenvalue weighted by molar-refractivity contribution is 0.481. The highest BCUT2D eigenvalue weighted by molar-refractivity contribution is 9.10. The van der Waals surface area contributed by atoms with Gasteiger partial charge in [0.2, 0.25) is 0 Å². The zero-order chi connectivity index (χ0) is 14.5. The van der Waals surface area contributed by atoms with Crippen molar-refractivity contribution < 1.29 is 4.74 Å². The van der Waals surface area contributed by atoms with Crippen LogP contribution in [0.5, 0.6) is 11.5 Å².